The third-order valence-corrected chi connectivity index (χ3v) is 3.23. The van der Waals surface area contributed by atoms with Gasteiger partial charge in [0.25, 0.3) is 0 Å². The summed E-state index contributed by atoms with van der Waals surface area (Å²) in [4.78, 5) is 31.9. The third kappa shape index (κ3) is 2.18. The van der Waals surface area contributed by atoms with Crippen molar-refractivity contribution in [1.29, 1.82) is 0 Å². The van der Waals surface area contributed by atoms with E-state index in [4.69, 9.17) is 5.73 Å². The van der Waals surface area contributed by atoms with Gasteiger partial charge in [0.05, 0.1) is 6.20 Å². The molecule has 0 atom stereocenters. The van der Waals surface area contributed by atoms with Crippen LogP contribution in [0.15, 0.2) is 41.3 Å². The van der Waals surface area contributed by atoms with Gasteiger partial charge in [-0.25, -0.2) is 14.8 Å². The molecule has 0 aliphatic carbocycles. The van der Waals surface area contributed by atoms with E-state index in [9.17, 15) is 9.59 Å². The van der Waals surface area contributed by atoms with Crippen LogP contribution in [0.5, 0.6) is 0 Å². The molecule has 106 valence electrons. The standard InChI is InChI=1S/C14H13N5O2/c1-18-10-7-16-12(9-5-3-2-4-6-9)17-13(10)19(14(18)21)8-11(15)20/h2-7H,8H2,1H3,(H2,15,20). The van der Waals surface area contributed by atoms with Crippen LogP contribution in [0.25, 0.3) is 22.6 Å². The van der Waals surface area contributed by atoms with E-state index in [-0.39, 0.29) is 12.2 Å². The first kappa shape index (κ1) is 13.0. The van der Waals surface area contributed by atoms with Crippen molar-refractivity contribution < 1.29 is 4.79 Å². The molecule has 0 aliphatic rings. The minimum Gasteiger partial charge on any atom is -0.368 e. The van der Waals surface area contributed by atoms with Crippen LogP contribution in [-0.2, 0) is 18.4 Å². The van der Waals surface area contributed by atoms with E-state index in [1.54, 1.807) is 13.2 Å². The number of benzene rings is 1. The summed E-state index contributed by atoms with van der Waals surface area (Å²) in [6.07, 6.45) is 1.57. The van der Waals surface area contributed by atoms with Gasteiger partial charge < -0.3 is 5.73 Å². The summed E-state index contributed by atoms with van der Waals surface area (Å²) >= 11 is 0. The Bertz CT molecular complexity index is 880. The van der Waals surface area contributed by atoms with Crippen LogP contribution in [0.3, 0.4) is 0 Å². The van der Waals surface area contributed by atoms with Gasteiger partial charge in [-0.2, -0.15) is 0 Å². The van der Waals surface area contributed by atoms with E-state index in [2.05, 4.69) is 9.97 Å². The maximum Gasteiger partial charge on any atom is 0.330 e. The van der Waals surface area contributed by atoms with Crippen molar-refractivity contribution in [3.63, 3.8) is 0 Å². The van der Waals surface area contributed by atoms with Gasteiger partial charge >= 0.3 is 5.69 Å². The van der Waals surface area contributed by atoms with Crippen molar-refractivity contribution in [3.05, 3.63) is 47.0 Å². The highest BCUT2D eigenvalue weighted by atomic mass is 16.2. The lowest BCUT2D eigenvalue weighted by Gasteiger charge is -2.02. The Balaban J connectivity index is 2.25. The molecule has 0 radical (unpaired) electrons. The number of primary amides is 1. The van der Waals surface area contributed by atoms with E-state index >= 15 is 0 Å². The number of aryl methyl sites for hydroxylation is 1. The number of amides is 1. The highest BCUT2D eigenvalue weighted by Gasteiger charge is 2.15. The minimum atomic E-state index is -0.593. The lowest BCUT2D eigenvalue weighted by Crippen LogP contribution is -2.28. The summed E-state index contributed by atoms with van der Waals surface area (Å²) in [6.45, 7) is -0.207. The zero-order chi connectivity index (χ0) is 15.0. The molecular weight excluding hydrogens is 270 g/mol. The fraction of sp³-hybridized carbons (Fsp3) is 0.143. The Kier molecular flexibility index (Phi) is 3.02. The molecule has 0 saturated carbocycles. The Morgan fingerprint density at radius 2 is 2.00 bits per heavy atom. The normalized spacial score (nSPS) is 10.9. The number of hydrogen-bond acceptors (Lipinski definition) is 4. The number of hydrogen-bond donors (Lipinski definition) is 1. The maximum atomic E-state index is 12.1. The van der Waals surface area contributed by atoms with Gasteiger partial charge in [0, 0.05) is 12.6 Å². The monoisotopic (exact) mass is 283 g/mol. The quantitative estimate of drug-likeness (QED) is 0.747. The predicted molar refractivity (Wildman–Crippen MR) is 77.4 cm³/mol. The van der Waals surface area contributed by atoms with Gasteiger partial charge in [-0.1, -0.05) is 30.3 Å². The molecule has 3 aromatic rings. The molecule has 7 heteroatoms. The van der Waals surface area contributed by atoms with Crippen molar-refractivity contribution in [2.24, 2.45) is 12.8 Å². The van der Waals surface area contributed by atoms with Crippen LogP contribution in [0.1, 0.15) is 0 Å². The Hall–Kier alpha value is -2.96. The van der Waals surface area contributed by atoms with Crippen LogP contribution >= 0.6 is 0 Å². The second kappa shape index (κ2) is 4.86. The zero-order valence-electron chi connectivity index (χ0n) is 11.4. The third-order valence-electron chi connectivity index (χ3n) is 3.23. The van der Waals surface area contributed by atoms with Gasteiger partial charge in [-0.3, -0.25) is 13.9 Å². The molecule has 0 bridgehead atoms. The second-order valence-corrected chi connectivity index (χ2v) is 4.66. The molecule has 1 amide bonds. The van der Waals surface area contributed by atoms with Crippen molar-refractivity contribution >= 4 is 17.1 Å². The van der Waals surface area contributed by atoms with Gasteiger partial charge in [0.1, 0.15) is 12.1 Å². The number of carbonyl (C=O) groups excluding carboxylic acids is 1. The highest BCUT2D eigenvalue weighted by molar-refractivity contribution is 5.78. The van der Waals surface area contributed by atoms with Gasteiger partial charge in [-0.15, -0.1) is 0 Å². The molecule has 0 aliphatic heterocycles. The molecule has 0 saturated heterocycles. The van der Waals surface area contributed by atoms with E-state index in [0.717, 1.165) is 5.56 Å². The first-order valence-electron chi connectivity index (χ1n) is 6.34. The lowest BCUT2D eigenvalue weighted by molar-refractivity contribution is -0.118. The molecule has 0 spiro atoms. The van der Waals surface area contributed by atoms with Gasteiger partial charge in [-0.05, 0) is 0 Å². The van der Waals surface area contributed by atoms with Crippen molar-refractivity contribution in [3.8, 4) is 11.4 Å². The summed E-state index contributed by atoms with van der Waals surface area (Å²) in [7, 11) is 1.60. The van der Waals surface area contributed by atoms with E-state index in [0.29, 0.717) is 17.0 Å². The smallest absolute Gasteiger partial charge is 0.330 e. The molecule has 0 unspecified atom stereocenters. The molecule has 2 aromatic heterocycles. The SMILES string of the molecule is Cn1c(=O)n(CC(N)=O)c2nc(-c3ccccc3)ncc21. The van der Waals surface area contributed by atoms with Gasteiger partial charge in [0.2, 0.25) is 5.91 Å². The molecule has 2 heterocycles. The fourth-order valence-corrected chi connectivity index (χ4v) is 2.20. The summed E-state index contributed by atoms with van der Waals surface area (Å²) in [5.74, 6) is -0.101. The fourth-order valence-electron chi connectivity index (χ4n) is 2.20. The van der Waals surface area contributed by atoms with Crippen molar-refractivity contribution in [1.82, 2.24) is 19.1 Å². The summed E-state index contributed by atoms with van der Waals surface area (Å²) < 4.78 is 2.65. The number of nitrogens with two attached hydrogens (primary N) is 1. The molecule has 1 aromatic carbocycles. The largest absolute Gasteiger partial charge is 0.368 e. The lowest BCUT2D eigenvalue weighted by atomic mass is 10.2. The van der Waals surface area contributed by atoms with E-state index in [1.165, 1.54) is 9.13 Å². The number of nitrogens with zero attached hydrogens (tertiary/aromatic N) is 4. The number of aromatic nitrogens is 4. The Morgan fingerprint density at radius 1 is 1.29 bits per heavy atom. The average molecular weight is 283 g/mol. The molecular formula is C14H13N5O2. The van der Waals surface area contributed by atoms with E-state index < -0.39 is 5.91 Å². The highest BCUT2D eigenvalue weighted by Crippen LogP contribution is 2.17. The number of carbonyl (C=O) groups is 1. The summed E-state index contributed by atoms with van der Waals surface area (Å²) in [6, 6.07) is 9.41. The Morgan fingerprint density at radius 3 is 2.67 bits per heavy atom. The predicted octanol–water partition coefficient (Wildman–Crippen LogP) is 0.282. The van der Waals surface area contributed by atoms with Crippen molar-refractivity contribution in [2.75, 3.05) is 0 Å². The molecule has 3 rings (SSSR count). The summed E-state index contributed by atoms with van der Waals surface area (Å²) in [5, 5.41) is 0. The zero-order valence-corrected chi connectivity index (χ0v) is 11.4. The minimum absolute atomic E-state index is 0.207. The Labute approximate surface area is 119 Å². The van der Waals surface area contributed by atoms with Crippen LogP contribution < -0.4 is 11.4 Å². The van der Waals surface area contributed by atoms with Crippen LogP contribution in [0.2, 0.25) is 0 Å². The van der Waals surface area contributed by atoms with Crippen LogP contribution in [-0.4, -0.2) is 25.0 Å². The average Bonchev–Trinajstić information content (AvgIpc) is 2.72. The summed E-state index contributed by atoms with van der Waals surface area (Å²) in [5.41, 5.74) is 6.64. The first-order chi connectivity index (χ1) is 10.1. The second-order valence-electron chi connectivity index (χ2n) is 4.66. The molecule has 2 N–H and O–H groups in total. The number of fused-ring (bicyclic) bond motifs is 1. The number of rotatable bonds is 3. The molecule has 0 fully saturated rings. The van der Waals surface area contributed by atoms with E-state index in [1.807, 2.05) is 30.3 Å². The first-order valence-corrected chi connectivity index (χ1v) is 6.34. The van der Waals surface area contributed by atoms with Crippen LogP contribution in [0.4, 0.5) is 0 Å². The number of imidazole rings is 1. The molecule has 21 heavy (non-hydrogen) atoms. The maximum absolute atomic E-state index is 12.1. The topological polar surface area (TPSA) is 95.8 Å². The van der Waals surface area contributed by atoms with Crippen LogP contribution in [0, 0.1) is 0 Å². The van der Waals surface area contributed by atoms with Gasteiger partial charge in [0.15, 0.2) is 11.5 Å². The van der Waals surface area contributed by atoms with Crippen molar-refractivity contribution in [2.45, 2.75) is 6.54 Å². The molecule has 7 nitrogen and oxygen atoms in total.